The van der Waals surface area contributed by atoms with Gasteiger partial charge in [-0.25, -0.2) is 0 Å². The summed E-state index contributed by atoms with van der Waals surface area (Å²) in [5.41, 5.74) is 17.7. The van der Waals surface area contributed by atoms with Crippen molar-refractivity contribution in [3.63, 3.8) is 0 Å². The molecule has 0 spiro atoms. The van der Waals surface area contributed by atoms with Gasteiger partial charge in [0.2, 0.25) is 0 Å². The van der Waals surface area contributed by atoms with Crippen molar-refractivity contribution >= 4 is 43.6 Å². The van der Waals surface area contributed by atoms with Crippen molar-refractivity contribution in [2.45, 2.75) is 0 Å². The lowest BCUT2D eigenvalue weighted by molar-refractivity contribution is 1.17. The minimum Gasteiger partial charge on any atom is -0.306 e. The molecule has 3 nitrogen and oxygen atoms in total. The number of fused-ring (bicyclic) bond motifs is 7. The van der Waals surface area contributed by atoms with Crippen molar-refractivity contribution in [1.29, 1.82) is 0 Å². The number of hydrogen-bond donors (Lipinski definition) is 0. The Balaban J connectivity index is 1.15. The molecule has 0 saturated heterocycles. The predicted octanol–water partition coefficient (Wildman–Crippen LogP) is 12.5. The van der Waals surface area contributed by atoms with Crippen molar-refractivity contribution in [3.05, 3.63) is 176 Å². The molecule has 0 bridgehead atoms. The summed E-state index contributed by atoms with van der Waals surface area (Å²) >= 11 is 0. The molecule has 0 radical (unpaired) electrons. The van der Waals surface area contributed by atoms with E-state index in [0.29, 0.717) is 0 Å². The van der Waals surface area contributed by atoms with Crippen molar-refractivity contribution in [1.82, 2.24) is 14.5 Å². The molecule has 7 aromatic carbocycles. The van der Waals surface area contributed by atoms with E-state index in [1.54, 1.807) is 0 Å². The maximum absolute atomic E-state index is 4.68. The molecule has 3 heterocycles. The molecule has 11 rings (SSSR count). The Morgan fingerprint density at radius 2 is 0.843 bits per heavy atom. The maximum Gasteiger partial charge on any atom is 0.115 e. The summed E-state index contributed by atoms with van der Waals surface area (Å²) in [7, 11) is 0. The van der Waals surface area contributed by atoms with Crippen molar-refractivity contribution in [2.75, 3.05) is 0 Å². The molecule has 0 amide bonds. The summed E-state index contributed by atoms with van der Waals surface area (Å²) in [5.74, 6) is 0. The highest BCUT2D eigenvalue weighted by Crippen LogP contribution is 2.58. The van der Waals surface area contributed by atoms with Gasteiger partial charge in [0.25, 0.3) is 0 Å². The zero-order valence-corrected chi connectivity index (χ0v) is 27.6. The van der Waals surface area contributed by atoms with Gasteiger partial charge in [-0.15, -0.1) is 0 Å². The average Bonchev–Trinajstić information content (AvgIpc) is 3.72. The average molecular weight is 648 g/mol. The van der Waals surface area contributed by atoms with Crippen LogP contribution in [0.2, 0.25) is 0 Å². The zero-order chi connectivity index (χ0) is 33.5. The fourth-order valence-corrected chi connectivity index (χ4v) is 8.58. The third-order valence-corrected chi connectivity index (χ3v) is 10.6. The Kier molecular flexibility index (Phi) is 5.96. The first-order valence-electron chi connectivity index (χ1n) is 17.4. The van der Waals surface area contributed by atoms with Crippen LogP contribution in [0.3, 0.4) is 0 Å². The van der Waals surface area contributed by atoms with Crippen LogP contribution in [0.15, 0.2) is 176 Å². The first kappa shape index (κ1) is 28.0. The van der Waals surface area contributed by atoms with Gasteiger partial charge in [-0.3, -0.25) is 9.97 Å². The second-order valence-corrected chi connectivity index (χ2v) is 13.3. The van der Waals surface area contributed by atoms with E-state index in [-0.39, 0.29) is 0 Å². The van der Waals surface area contributed by atoms with Crippen LogP contribution in [0.4, 0.5) is 0 Å². The molecule has 0 saturated carbocycles. The molecule has 1 aliphatic carbocycles. The van der Waals surface area contributed by atoms with Crippen LogP contribution < -0.4 is 0 Å². The van der Waals surface area contributed by atoms with Gasteiger partial charge in [0.05, 0.1) is 11.0 Å². The summed E-state index contributed by atoms with van der Waals surface area (Å²) in [4.78, 5) is 9.36. The Morgan fingerprint density at radius 1 is 0.333 bits per heavy atom. The number of benzene rings is 7. The molecule has 1 aliphatic rings. The van der Waals surface area contributed by atoms with Crippen molar-refractivity contribution in [2.24, 2.45) is 0 Å². The molecule has 0 atom stereocenters. The number of pyridine rings is 2. The summed E-state index contributed by atoms with van der Waals surface area (Å²) < 4.78 is 2.26. The van der Waals surface area contributed by atoms with Crippen LogP contribution in [0.1, 0.15) is 0 Å². The van der Waals surface area contributed by atoms with Gasteiger partial charge in [0.1, 0.15) is 11.0 Å². The molecule has 236 valence electrons. The normalized spacial score (nSPS) is 11.9. The Hall–Kier alpha value is -6.84. The molecular formula is C48H29N3. The third-order valence-electron chi connectivity index (χ3n) is 10.6. The summed E-state index contributed by atoms with van der Waals surface area (Å²) in [6.07, 6.45) is 3.68. The summed E-state index contributed by atoms with van der Waals surface area (Å²) in [6, 6.07) is 59.5. The maximum atomic E-state index is 4.68. The van der Waals surface area contributed by atoms with E-state index < -0.39 is 0 Å². The number of rotatable bonds is 4. The number of hydrogen-bond acceptors (Lipinski definition) is 2. The highest BCUT2D eigenvalue weighted by molar-refractivity contribution is 6.28. The van der Waals surface area contributed by atoms with Crippen LogP contribution in [0.25, 0.3) is 105 Å². The monoisotopic (exact) mass is 647 g/mol. The van der Waals surface area contributed by atoms with Gasteiger partial charge in [-0.1, -0.05) is 127 Å². The Labute approximate surface area is 294 Å². The molecule has 3 heteroatoms. The minimum atomic E-state index is 0.918. The van der Waals surface area contributed by atoms with E-state index in [1.807, 2.05) is 24.5 Å². The Morgan fingerprint density at radius 3 is 1.43 bits per heavy atom. The minimum absolute atomic E-state index is 0.918. The molecule has 0 aliphatic heterocycles. The van der Waals surface area contributed by atoms with E-state index in [4.69, 9.17) is 0 Å². The second kappa shape index (κ2) is 10.8. The van der Waals surface area contributed by atoms with Gasteiger partial charge in [0, 0.05) is 18.1 Å². The van der Waals surface area contributed by atoms with E-state index in [1.165, 1.54) is 77.2 Å². The van der Waals surface area contributed by atoms with Crippen molar-refractivity contribution in [3.8, 4) is 61.3 Å². The van der Waals surface area contributed by atoms with Crippen LogP contribution in [-0.2, 0) is 0 Å². The summed E-state index contributed by atoms with van der Waals surface area (Å²) in [6.45, 7) is 0. The fourth-order valence-electron chi connectivity index (χ4n) is 8.58. The molecule has 51 heavy (non-hydrogen) atoms. The van der Waals surface area contributed by atoms with E-state index >= 15 is 0 Å². The third kappa shape index (κ3) is 4.00. The van der Waals surface area contributed by atoms with E-state index in [0.717, 1.165) is 27.8 Å². The lowest BCUT2D eigenvalue weighted by Crippen LogP contribution is -1.94. The van der Waals surface area contributed by atoms with Gasteiger partial charge >= 0.3 is 0 Å². The SMILES string of the molecule is c1ccc(-c2c3c(c(-c4ccccc4)c4ccccc24)-c2ccc(-c4ccc(-n5c6cccnc6c6ncccc65)cc4)c4cccc-3c24)cc1. The second-order valence-electron chi connectivity index (χ2n) is 13.3. The Bertz CT molecular complexity index is 2850. The van der Waals surface area contributed by atoms with E-state index in [2.05, 4.69) is 166 Å². The standard InChI is InChI=1S/C48H29N3/c1-3-12-31(13-4-1)42-36-16-7-8-17-37(36)43(32-14-5-2-6-15-32)46-39-27-26-34(35-18-9-19-38(44(35)39)45(42)46)30-22-24-33(25-23-30)51-40-20-10-28-49-47(40)48-41(51)21-11-29-50-48/h1-29H. The smallest absolute Gasteiger partial charge is 0.115 e. The lowest BCUT2D eigenvalue weighted by Gasteiger charge is -2.20. The topological polar surface area (TPSA) is 30.7 Å². The highest BCUT2D eigenvalue weighted by atomic mass is 15.0. The molecule has 10 aromatic rings. The molecular weight excluding hydrogens is 619 g/mol. The van der Waals surface area contributed by atoms with E-state index in [9.17, 15) is 0 Å². The molecule has 0 N–H and O–H groups in total. The van der Waals surface area contributed by atoms with Gasteiger partial charge < -0.3 is 4.57 Å². The number of aromatic nitrogens is 3. The largest absolute Gasteiger partial charge is 0.306 e. The predicted molar refractivity (Wildman–Crippen MR) is 212 cm³/mol. The molecule has 3 aromatic heterocycles. The first-order valence-corrected chi connectivity index (χ1v) is 17.4. The molecule has 0 unspecified atom stereocenters. The lowest BCUT2D eigenvalue weighted by atomic mass is 9.82. The van der Waals surface area contributed by atoms with Crippen LogP contribution in [0, 0.1) is 0 Å². The van der Waals surface area contributed by atoms with Gasteiger partial charge in [-0.2, -0.15) is 0 Å². The van der Waals surface area contributed by atoms with Crippen molar-refractivity contribution < 1.29 is 0 Å². The highest BCUT2D eigenvalue weighted by Gasteiger charge is 2.31. The van der Waals surface area contributed by atoms with Gasteiger partial charge in [-0.05, 0) is 114 Å². The van der Waals surface area contributed by atoms with Crippen LogP contribution >= 0.6 is 0 Å². The summed E-state index contributed by atoms with van der Waals surface area (Å²) in [5, 5.41) is 5.13. The fraction of sp³-hybridized carbons (Fsp3) is 0. The van der Waals surface area contributed by atoms with Crippen LogP contribution in [-0.4, -0.2) is 14.5 Å². The first-order chi connectivity index (χ1) is 25.3. The van der Waals surface area contributed by atoms with Crippen LogP contribution in [0.5, 0.6) is 0 Å². The van der Waals surface area contributed by atoms with Gasteiger partial charge in [0.15, 0.2) is 0 Å². The zero-order valence-electron chi connectivity index (χ0n) is 27.6. The number of nitrogens with zero attached hydrogens (tertiary/aromatic N) is 3. The quantitative estimate of drug-likeness (QED) is 0.190. The molecule has 0 fully saturated rings.